The van der Waals surface area contributed by atoms with Crippen LogP contribution in [0.5, 0.6) is 0 Å². The van der Waals surface area contributed by atoms with E-state index in [-0.39, 0.29) is 126 Å². The number of aliphatic carboxylic acids is 2. The molecule has 2 rings (SSSR count). The minimum Gasteiger partial charge on any atom is -0.480 e. The first-order chi connectivity index (χ1) is 51.4. The summed E-state index contributed by atoms with van der Waals surface area (Å²) in [5, 5.41) is 33.9. The van der Waals surface area contributed by atoms with Gasteiger partial charge in [0.1, 0.15) is 32.0 Å². The van der Waals surface area contributed by atoms with Gasteiger partial charge in [0.2, 0.25) is 35.4 Å². The van der Waals surface area contributed by atoms with Crippen molar-refractivity contribution in [2.24, 2.45) is 0 Å². The van der Waals surface area contributed by atoms with Crippen LogP contribution in [0.4, 0.5) is 4.79 Å². The maximum atomic E-state index is 12.9. The lowest BCUT2D eigenvalue weighted by Gasteiger charge is -2.21. The molecule has 9 N–H and O–H groups in total. The lowest BCUT2D eigenvalue weighted by atomic mass is 10.1. The largest absolute Gasteiger partial charge is 0.480 e. The van der Waals surface area contributed by atoms with E-state index >= 15 is 0 Å². The number of hydrogen-bond donors (Lipinski definition) is 9. The molecule has 608 valence electrons. The van der Waals surface area contributed by atoms with Crippen LogP contribution in [0, 0.1) is 0 Å². The Labute approximate surface area is 636 Å². The highest BCUT2D eigenvalue weighted by Gasteiger charge is 2.44. The van der Waals surface area contributed by atoms with E-state index in [4.69, 9.17) is 18.5 Å². The number of ether oxygens (including phenoxy) is 2. The number of carboxylic acid groups (broad SMARTS) is 2. The van der Waals surface area contributed by atoms with Gasteiger partial charge in [-0.1, -0.05) is 141 Å². The molecule has 0 bridgehead atoms. The van der Waals surface area contributed by atoms with Gasteiger partial charge >= 0.3 is 37.7 Å². The fourth-order valence-corrected chi connectivity index (χ4v) is 13.9. The zero-order valence-electron chi connectivity index (χ0n) is 63.5. The Hall–Kier alpha value is -7.08. The van der Waals surface area contributed by atoms with Crippen LogP contribution in [0.2, 0.25) is 0 Å². The number of carboxylic acids is 2. The van der Waals surface area contributed by atoms with Gasteiger partial charge in [0.05, 0.1) is 44.9 Å². The SMILES string of the molecule is CCCCCCCC/C=C/CCCCCCCC(=O)OCC(COP(=O)(O)OCCNC(=O)CCCCC(=O)CCC(=O)NCC(=O)N(CC(=O)O)CC(=O)NCCCC(=O)CN(CC(=O)O)C(=O)CCC(=O)CNC(=O)CC1SC[C@@H]2NC(=O)N[C@H]12)OC(=O)CCCCCCC/C=C/CCCCCCCC. The molecular formula is C75H125N8O22PS. The third-order valence-electron chi connectivity index (χ3n) is 17.7. The number of phosphoric acid groups is 1. The highest BCUT2D eigenvalue weighted by molar-refractivity contribution is 8.00. The number of nitrogens with zero attached hydrogens (tertiary/aromatic N) is 2. The summed E-state index contributed by atoms with van der Waals surface area (Å²) in [6.45, 7) is -1.56. The summed E-state index contributed by atoms with van der Waals surface area (Å²) in [7, 11) is -4.75. The van der Waals surface area contributed by atoms with Crippen molar-refractivity contribution in [3.63, 3.8) is 0 Å². The summed E-state index contributed by atoms with van der Waals surface area (Å²) in [4.78, 5) is 186. The third kappa shape index (κ3) is 52.6. The van der Waals surface area contributed by atoms with E-state index in [2.05, 4.69) is 70.1 Å². The monoisotopic (exact) mass is 1550 g/mol. The zero-order valence-corrected chi connectivity index (χ0v) is 65.2. The topological polar surface area (TPSA) is 432 Å². The number of ketones is 3. The number of unbranched alkanes of at least 4 members (excludes halogenated alkanes) is 23. The third-order valence-corrected chi connectivity index (χ3v) is 20.2. The Morgan fingerprint density at radius 2 is 0.981 bits per heavy atom. The minimum atomic E-state index is -4.75. The number of fused-ring (bicyclic) bond motifs is 1. The van der Waals surface area contributed by atoms with Gasteiger partial charge in [0.15, 0.2) is 17.7 Å². The van der Waals surface area contributed by atoms with Crippen molar-refractivity contribution in [1.29, 1.82) is 0 Å². The molecule has 0 aromatic rings. The lowest BCUT2D eigenvalue weighted by Crippen LogP contribution is -2.47. The maximum absolute atomic E-state index is 12.9. The van der Waals surface area contributed by atoms with Crippen molar-refractivity contribution in [1.82, 2.24) is 41.7 Å². The second-order valence-corrected chi connectivity index (χ2v) is 30.1. The molecule has 0 radical (unpaired) electrons. The van der Waals surface area contributed by atoms with Crippen LogP contribution < -0.4 is 31.9 Å². The van der Waals surface area contributed by atoms with Crippen LogP contribution in [0.25, 0.3) is 0 Å². The number of Topliss-reactive ketones (excluding diaryl/α,β-unsaturated/α-hetero) is 3. The lowest BCUT2D eigenvalue weighted by molar-refractivity contribution is -0.161. The molecule has 107 heavy (non-hydrogen) atoms. The summed E-state index contributed by atoms with van der Waals surface area (Å²) >= 11 is 1.51. The molecule has 2 saturated heterocycles. The molecular weight excluding hydrogens is 1430 g/mol. The molecule has 0 spiro atoms. The first-order valence-electron chi connectivity index (χ1n) is 39.0. The number of phosphoric ester groups is 1. The quantitative estimate of drug-likeness (QED) is 0.00900. The van der Waals surface area contributed by atoms with E-state index in [1.54, 1.807) is 0 Å². The number of esters is 2. The molecule has 2 fully saturated rings. The van der Waals surface area contributed by atoms with E-state index < -0.39 is 144 Å². The molecule has 2 heterocycles. The van der Waals surface area contributed by atoms with Crippen molar-refractivity contribution in [2.75, 3.05) is 77.9 Å². The molecule has 30 nitrogen and oxygen atoms in total. The Kier molecular flexibility index (Phi) is 54.5. The molecule has 2 aliphatic rings. The second kappa shape index (κ2) is 60.8. The fraction of sp³-hybridized carbons (Fsp3) is 0.760. The first kappa shape index (κ1) is 96.0. The number of carbonyl (C=O) groups is 14. The number of nitrogens with one attached hydrogen (secondary N) is 6. The summed E-state index contributed by atoms with van der Waals surface area (Å²) in [5.41, 5.74) is 0. The number of rotatable bonds is 69. The van der Waals surface area contributed by atoms with Crippen molar-refractivity contribution < 1.29 is 105 Å². The molecule has 32 heteroatoms. The van der Waals surface area contributed by atoms with E-state index in [1.165, 1.54) is 88.8 Å². The van der Waals surface area contributed by atoms with E-state index in [9.17, 15) is 86.8 Å². The summed E-state index contributed by atoms with van der Waals surface area (Å²) in [6.07, 6.45) is 35.8. The number of thioether (sulfide) groups is 1. The van der Waals surface area contributed by atoms with Gasteiger partial charge in [0.25, 0.3) is 0 Å². The van der Waals surface area contributed by atoms with Gasteiger partial charge in [-0.15, -0.1) is 0 Å². The molecule has 8 amide bonds. The van der Waals surface area contributed by atoms with Gasteiger partial charge in [0, 0.05) is 88.3 Å². The van der Waals surface area contributed by atoms with E-state index in [0.717, 1.165) is 81.9 Å². The number of carbonyl (C=O) groups excluding carboxylic acids is 12. The predicted molar refractivity (Wildman–Crippen MR) is 403 cm³/mol. The van der Waals surface area contributed by atoms with Crippen LogP contribution in [0.3, 0.4) is 0 Å². The van der Waals surface area contributed by atoms with Crippen LogP contribution in [-0.2, 0) is 85.4 Å². The number of amides is 8. The van der Waals surface area contributed by atoms with Gasteiger partial charge in [-0.25, -0.2) is 9.36 Å². The predicted octanol–water partition coefficient (Wildman–Crippen LogP) is 9.11. The normalized spacial score (nSPS) is 15.3. The Morgan fingerprint density at radius 3 is 1.57 bits per heavy atom. The maximum Gasteiger partial charge on any atom is 0.472 e. The molecule has 0 saturated carbocycles. The van der Waals surface area contributed by atoms with Gasteiger partial charge in [-0.05, 0) is 83.5 Å². The van der Waals surface area contributed by atoms with Crippen molar-refractivity contribution >= 4 is 102 Å². The first-order valence-corrected chi connectivity index (χ1v) is 41.5. The number of urea groups is 1. The summed E-state index contributed by atoms with van der Waals surface area (Å²) in [5.74, 6) is -8.89. The molecule has 0 aromatic heterocycles. The Morgan fingerprint density at radius 1 is 0.486 bits per heavy atom. The second-order valence-electron chi connectivity index (χ2n) is 27.4. The van der Waals surface area contributed by atoms with Crippen molar-refractivity contribution in [2.45, 2.75) is 288 Å². The number of hydrogen-bond acceptors (Lipinski definition) is 20. The van der Waals surface area contributed by atoms with Gasteiger partial charge < -0.3 is 66.3 Å². The Bertz CT molecular complexity index is 2830. The van der Waals surface area contributed by atoms with Crippen LogP contribution in [-0.4, -0.2) is 209 Å². The van der Waals surface area contributed by atoms with Gasteiger partial charge in [-0.3, -0.25) is 71.4 Å². The molecule has 2 aliphatic heterocycles. The molecule has 5 atom stereocenters. The zero-order chi connectivity index (χ0) is 78.7. The molecule has 0 aromatic carbocycles. The van der Waals surface area contributed by atoms with Crippen LogP contribution >= 0.6 is 19.6 Å². The molecule has 3 unspecified atom stereocenters. The van der Waals surface area contributed by atoms with Crippen LogP contribution in [0.15, 0.2) is 24.3 Å². The highest BCUT2D eigenvalue weighted by Crippen LogP contribution is 2.43. The average molecular weight is 1550 g/mol. The van der Waals surface area contributed by atoms with E-state index in [1.807, 2.05) is 0 Å². The molecule has 0 aliphatic carbocycles. The average Bonchev–Trinajstić information content (AvgIpc) is 1.66. The Balaban J connectivity index is 1.68. The van der Waals surface area contributed by atoms with Gasteiger partial charge in [-0.2, -0.15) is 11.8 Å². The van der Waals surface area contributed by atoms with Crippen molar-refractivity contribution in [3.8, 4) is 0 Å². The smallest absolute Gasteiger partial charge is 0.472 e. The minimum absolute atomic E-state index is 0.00354. The highest BCUT2D eigenvalue weighted by atomic mass is 32.2. The summed E-state index contributed by atoms with van der Waals surface area (Å²) < 4.78 is 34.1. The standard InChI is InChI=1S/C75H125N8O22PS/c1-3-5-7-9-11-13-15-17-19-21-23-25-27-29-31-39-72(97)102-55-61(105-73(98)40-32-30-28-26-24-22-20-18-16-14-12-10-8-6-4-2)56-104-106(100,101)103-47-46-77-64(87)38-34-33-36-58(84)41-43-65(88)79-50-69(92)83(54-71(95)96)52-67(90)76-45-35-37-60(86)51-82(53-70(93)94)68(91)44-42-59(85)49-78-66(89)48-63-74-62(57-107-63)80-75(99)81-74/h17-20,61-63,74H,3-16,21-57H2,1-2H3,(H,76,90)(H,77,87)(H,78,89)(H,79,88)(H,93,94)(H,95,96)(H,100,101)(H2,80,81,99)/b19-17+,20-18+/t61?,62-,63?,74-/m0/s1. The fourth-order valence-electron chi connectivity index (χ4n) is 11.7. The number of allylic oxidation sites excluding steroid dienone is 4. The van der Waals surface area contributed by atoms with E-state index in [0.29, 0.717) is 23.5 Å². The van der Waals surface area contributed by atoms with Crippen molar-refractivity contribution in [3.05, 3.63) is 24.3 Å². The van der Waals surface area contributed by atoms with Crippen LogP contribution in [0.1, 0.15) is 264 Å². The summed E-state index contributed by atoms with van der Waals surface area (Å²) in [6, 6.07) is -0.629.